The van der Waals surface area contributed by atoms with Crippen LogP contribution in [0.5, 0.6) is 0 Å². The summed E-state index contributed by atoms with van der Waals surface area (Å²) < 4.78 is 0. The Morgan fingerprint density at radius 3 is 2.70 bits per heavy atom. The summed E-state index contributed by atoms with van der Waals surface area (Å²) in [6, 6.07) is 9.14. The number of rotatable bonds is 4. The molecule has 1 aromatic carbocycles. The SMILES string of the molecule is O=C(O)CN(C(=O)c1cccc2cccnc12)C1CC1. The van der Waals surface area contributed by atoms with Gasteiger partial charge >= 0.3 is 5.97 Å². The van der Waals surface area contributed by atoms with Gasteiger partial charge in [0.1, 0.15) is 6.54 Å². The third-order valence-electron chi connectivity index (χ3n) is 3.42. The number of aromatic nitrogens is 1. The number of hydrogen-bond donors (Lipinski definition) is 1. The van der Waals surface area contributed by atoms with Crippen molar-refractivity contribution in [2.24, 2.45) is 0 Å². The van der Waals surface area contributed by atoms with Gasteiger partial charge in [0.2, 0.25) is 0 Å². The normalized spacial score (nSPS) is 14.2. The summed E-state index contributed by atoms with van der Waals surface area (Å²) in [5, 5.41) is 9.84. The van der Waals surface area contributed by atoms with Crippen molar-refractivity contribution < 1.29 is 14.7 Å². The Bertz CT molecular complexity index is 674. The van der Waals surface area contributed by atoms with Gasteiger partial charge in [-0.25, -0.2) is 0 Å². The van der Waals surface area contributed by atoms with Crippen molar-refractivity contribution in [3.63, 3.8) is 0 Å². The third kappa shape index (κ3) is 2.34. The van der Waals surface area contributed by atoms with Crippen LogP contribution in [0.15, 0.2) is 36.5 Å². The second kappa shape index (κ2) is 4.92. The van der Waals surface area contributed by atoms with Gasteiger partial charge in [-0.05, 0) is 25.0 Å². The summed E-state index contributed by atoms with van der Waals surface area (Å²) in [4.78, 5) is 29.2. The minimum atomic E-state index is -0.988. The highest BCUT2D eigenvalue weighted by Crippen LogP contribution is 2.29. The molecule has 0 unspecified atom stereocenters. The number of carboxylic acids is 1. The molecule has 0 saturated heterocycles. The fourth-order valence-electron chi connectivity index (χ4n) is 2.33. The first kappa shape index (κ1) is 12.6. The van der Waals surface area contributed by atoms with Gasteiger partial charge in [0.15, 0.2) is 0 Å². The number of para-hydroxylation sites is 1. The lowest BCUT2D eigenvalue weighted by molar-refractivity contribution is -0.137. The van der Waals surface area contributed by atoms with E-state index in [9.17, 15) is 9.59 Å². The van der Waals surface area contributed by atoms with Gasteiger partial charge in [0.25, 0.3) is 5.91 Å². The molecule has 0 radical (unpaired) electrons. The number of carbonyl (C=O) groups excluding carboxylic acids is 1. The van der Waals surface area contributed by atoms with Gasteiger partial charge < -0.3 is 10.0 Å². The topological polar surface area (TPSA) is 70.5 Å². The molecule has 1 saturated carbocycles. The van der Waals surface area contributed by atoms with Gasteiger partial charge in [-0.2, -0.15) is 0 Å². The van der Waals surface area contributed by atoms with Crippen molar-refractivity contribution in [3.8, 4) is 0 Å². The fraction of sp³-hybridized carbons (Fsp3) is 0.267. The van der Waals surface area contributed by atoms with Gasteiger partial charge in [-0.3, -0.25) is 14.6 Å². The van der Waals surface area contributed by atoms with Crippen LogP contribution < -0.4 is 0 Å². The molecular weight excluding hydrogens is 256 g/mol. The predicted molar refractivity (Wildman–Crippen MR) is 73.4 cm³/mol. The van der Waals surface area contributed by atoms with E-state index in [1.54, 1.807) is 18.3 Å². The van der Waals surface area contributed by atoms with E-state index in [1.807, 2.05) is 18.2 Å². The Morgan fingerprint density at radius 1 is 1.25 bits per heavy atom. The average Bonchev–Trinajstić information content (AvgIpc) is 3.28. The number of carbonyl (C=O) groups is 2. The van der Waals surface area contributed by atoms with Gasteiger partial charge in [0, 0.05) is 17.6 Å². The molecule has 0 atom stereocenters. The zero-order chi connectivity index (χ0) is 14.1. The molecular formula is C15H14N2O3. The summed E-state index contributed by atoms with van der Waals surface area (Å²) >= 11 is 0. The number of carboxylic acid groups (broad SMARTS) is 1. The van der Waals surface area contributed by atoms with Gasteiger partial charge in [0.05, 0.1) is 11.1 Å². The number of aliphatic carboxylic acids is 1. The van der Waals surface area contributed by atoms with Gasteiger partial charge in [-0.1, -0.05) is 18.2 Å². The lowest BCUT2D eigenvalue weighted by Gasteiger charge is -2.20. The van der Waals surface area contributed by atoms with Crippen molar-refractivity contribution in [1.29, 1.82) is 0 Å². The fourth-order valence-corrected chi connectivity index (χ4v) is 2.33. The third-order valence-corrected chi connectivity index (χ3v) is 3.42. The Kier molecular flexibility index (Phi) is 3.10. The molecule has 1 N–H and O–H groups in total. The zero-order valence-electron chi connectivity index (χ0n) is 10.8. The lowest BCUT2D eigenvalue weighted by atomic mass is 10.1. The number of nitrogens with zero attached hydrogens (tertiary/aromatic N) is 2. The largest absolute Gasteiger partial charge is 0.480 e. The number of fused-ring (bicyclic) bond motifs is 1. The minimum absolute atomic E-state index is 0.0533. The van der Waals surface area contributed by atoms with Crippen LogP contribution in [0.4, 0.5) is 0 Å². The number of pyridine rings is 1. The van der Waals surface area contributed by atoms with Gasteiger partial charge in [-0.15, -0.1) is 0 Å². The van der Waals surface area contributed by atoms with Crippen LogP contribution in [-0.4, -0.2) is 39.5 Å². The molecule has 3 rings (SSSR count). The Morgan fingerprint density at radius 2 is 2.00 bits per heavy atom. The van der Waals surface area contributed by atoms with Crippen molar-refractivity contribution >= 4 is 22.8 Å². The number of benzene rings is 1. The maximum absolute atomic E-state index is 12.6. The first-order chi connectivity index (χ1) is 9.66. The first-order valence-corrected chi connectivity index (χ1v) is 6.53. The second-order valence-corrected chi connectivity index (χ2v) is 4.94. The molecule has 1 aliphatic rings. The van der Waals surface area contributed by atoms with E-state index in [-0.39, 0.29) is 18.5 Å². The molecule has 1 amide bonds. The van der Waals surface area contributed by atoms with Crippen LogP contribution in [0.2, 0.25) is 0 Å². The Labute approximate surface area is 115 Å². The number of amides is 1. The molecule has 20 heavy (non-hydrogen) atoms. The monoisotopic (exact) mass is 270 g/mol. The summed E-state index contributed by atoms with van der Waals surface area (Å²) in [5.74, 6) is -1.24. The molecule has 0 spiro atoms. The standard InChI is InChI=1S/C15H14N2O3/c18-13(19)9-17(11-6-7-11)15(20)12-5-1-3-10-4-2-8-16-14(10)12/h1-5,8,11H,6-7,9H2,(H,18,19). The maximum Gasteiger partial charge on any atom is 0.323 e. The van der Waals surface area contributed by atoms with Crippen LogP contribution in [-0.2, 0) is 4.79 Å². The lowest BCUT2D eigenvalue weighted by Crippen LogP contribution is -2.37. The molecule has 1 aliphatic carbocycles. The summed E-state index contributed by atoms with van der Waals surface area (Å²) in [6.45, 7) is -0.257. The van der Waals surface area contributed by atoms with E-state index in [0.717, 1.165) is 18.2 Å². The Hall–Kier alpha value is -2.43. The molecule has 2 aromatic rings. The summed E-state index contributed by atoms with van der Waals surface area (Å²) in [7, 11) is 0. The second-order valence-electron chi connectivity index (χ2n) is 4.94. The van der Waals surface area contributed by atoms with E-state index >= 15 is 0 Å². The highest BCUT2D eigenvalue weighted by Gasteiger charge is 2.34. The van der Waals surface area contributed by atoms with Crippen molar-refractivity contribution in [1.82, 2.24) is 9.88 Å². The number of hydrogen-bond acceptors (Lipinski definition) is 3. The Balaban J connectivity index is 2.00. The summed E-state index contributed by atoms with van der Waals surface area (Å²) in [5.41, 5.74) is 1.09. The van der Waals surface area contributed by atoms with Crippen molar-refractivity contribution in [3.05, 3.63) is 42.1 Å². The van der Waals surface area contributed by atoms with E-state index in [0.29, 0.717) is 11.1 Å². The maximum atomic E-state index is 12.6. The van der Waals surface area contributed by atoms with Crippen LogP contribution in [0.25, 0.3) is 10.9 Å². The van der Waals surface area contributed by atoms with E-state index in [1.165, 1.54) is 4.90 Å². The smallest absolute Gasteiger partial charge is 0.323 e. The molecule has 5 heteroatoms. The molecule has 1 heterocycles. The first-order valence-electron chi connectivity index (χ1n) is 6.53. The van der Waals surface area contributed by atoms with E-state index in [2.05, 4.69) is 4.98 Å². The van der Waals surface area contributed by atoms with Crippen molar-refractivity contribution in [2.75, 3.05) is 6.54 Å². The van der Waals surface area contributed by atoms with E-state index < -0.39 is 5.97 Å². The highest BCUT2D eigenvalue weighted by molar-refractivity contribution is 6.06. The van der Waals surface area contributed by atoms with Crippen LogP contribution in [0.3, 0.4) is 0 Å². The average molecular weight is 270 g/mol. The van der Waals surface area contributed by atoms with E-state index in [4.69, 9.17) is 5.11 Å². The zero-order valence-corrected chi connectivity index (χ0v) is 10.8. The highest BCUT2D eigenvalue weighted by atomic mass is 16.4. The van der Waals surface area contributed by atoms with Crippen molar-refractivity contribution in [2.45, 2.75) is 18.9 Å². The molecule has 102 valence electrons. The predicted octanol–water partition coefficient (Wildman–Crippen LogP) is 1.92. The summed E-state index contributed by atoms with van der Waals surface area (Å²) in [6.07, 6.45) is 3.38. The molecule has 0 aliphatic heterocycles. The molecule has 1 fully saturated rings. The molecule has 5 nitrogen and oxygen atoms in total. The molecule has 1 aromatic heterocycles. The van der Waals surface area contributed by atoms with Crippen LogP contribution in [0, 0.1) is 0 Å². The minimum Gasteiger partial charge on any atom is -0.480 e. The molecule has 0 bridgehead atoms. The quantitative estimate of drug-likeness (QED) is 0.921. The van der Waals surface area contributed by atoms with Crippen LogP contribution in [0.1, 0.15) is 23.2 Å². The van der Waals surface area contributed by atoms with Crippen LogP contribution >= 0.6 is 0 Å².